The van der Waals surface area contributed by atoms with Crippen molar-refractivity contribution in [2.75, 3.05) is 12.4 Å². The van der Waals surface area contributed by atoms with Crippen LogP contribution in [0.1, 0.15) is 27.2 Å². The molecule has 0 aliphatic carbocycles. The summed E-state index contributed by atoms with van der Waals surface area (Å²) >= 11 is 0. The smallest absolute Gasteiger partial charge is 0.311 e. The Kier molecular flexibility index (Phi) is 4.95. The molecular weight excluding hydrogens is 232 g/mol. The van der Waals surface area contributed by atoms with E-state index in [0.717, 1.165) is 12.1 Å². The maximum atomic E-state index is 10.8. The molecule has 0 saturated carbocycles. The van der Waals surface area contributed by atoms with Crippen LogP contribution >= 0.6 is 0 Å². The van der Waals surface area contributed by atoms with E-state index in [-0.39, 0.29) is 11.4 Å². The first-order chi connectivity index (χ1) is 8.49. The normalized spacial score (nSPS) is 12.3. The lowest BCUT2D eigenvalue weighted by Gasteiger charge is -2.22. The predicted octanol–water partition coefficient (Wildman–Crippen LogP) is 3.45. The molecule has 18 heavy (non-hydrogen) atoms. The molecule has 0 aliphatic rings. The second-order valence-corrected chi connectivity index (χ2v) is 4.55. The van der Waals surface area contributed by atoms with Crippen LogP contribution in [-0.2, 0) is 0 Å². The zero-order valence-corrected chi connectivity index (χ0v) is 11.3. The van der Waals surface area contributed by atoms with Crippen molar-refractivity contribution < 1.29 is 9.66 Å². The molecule has 0 aromatic heterocycles. The highest BCUT2D eigenvalue weighted by Crippen LogP contribution is 2.30. The molecule has 1 atom stereocenters. The number of nitrogens with zero attached hydrogens (tertiary/aromatic N) is 1. The van der Waals surface area contributed by atoms with Crippen LogP contribution in [0.3, 0.4) is 0 Å². The van der Waals surface area contributed by atoms with Gasteiger partial charge in [-0.05, 0) is 18.4 Å². The summed E-state index contributed by atoms with van der Waals surface area (Å²) in [5.74, 6) is 0.778. The maximum absolute atomic E-state index is 10.8. The summed E-state index contributed by atoms with van der Waals surface area (Å²) in [6.45, 7) is 6.40. The average Bonchev–Trinajstić information content (AvgIpc) is 2.34. The van der Waals surface area contributed by atoms with Gasteiger partial charge in [0.1, 0.15) is 0 Å². The Morgan fingerprint density at radius 3 is 2.56 bits per heavy atom. The van der Waals surface area contributed by atoms with E-state index in [2.05, 4.69) is 26.1 Å². The summed E-state index contributed by atoms with van der Waals surface area (Å²) in [5.41, 5.74) is 0.832. The van der Waals surface area contributed by atoms with Gasteiger partial charge in [-0.1, -0.05) is 20.8 Å². The first-order valence-electron chi connectivity index (χ1n) is 6.08. The van der Waals surface area contributed by atoms with Crippen molar-refractivity contribution in [3.8, 4) is 5.75 Å². The van der Waals surface area contributed by atoms with Crippen molar-refractivity contribution in [3.05, 3.63) is 28.3 Å². The number of hydrogen-bond acceptors (Lipinski definition) is 4. The van der Waals surface area contributed by atoms with Gasteiger partial charge < -0.3 is 10.1 Å². The minimum Gasteiger partial charge on any atom is -0.490 e. The van der Waals surface area contributed by atoms with Crippen LogP contribution in [0.15, 0.2) is 18.2 Å². The van der Waals surface area contributed by atoms with E-state index < -0.39 is 4.92 Å². The molecule has 5 nitrogen and oxygen atoms in total. The summed E-state index contributed by atoms with van der Waals surface area (Å²) in [6, 6.07) is 5.19. The molecular formula is C13H20N2O3. The highest BCUT2D eigenvalue weighted by Gasteiger charge is 2.16. The predicted molar refractivity (Wildman–Crippen MR) is 72.2 cm³/mol. The Morgan fingerprint density at radius 2 is 2.11 bits per heavy atom. The van der Waals surface area contributed by atoms with Gasteiger partial charge in [0.05, 0.1) is 12.0 Å². The molecule has 1 unspecified atom stereocenters. The van der Waals surface area contributed by atoms with Crippen LogP contribution in [0.25, 0.3) is 0 Å². The van der Waals surface area contributed by atoms with Crippen LogP contribution in [0.4, 0.5) is 11.4 Å². The van der Waals surface area contributed by atoms with Gasteiger partial charge in [-0.25, -0.2) is 0 Å². The van der Waals surface area contributed by atoms with Crippen LogP contribution in [-0.4, -0.2) is 18.1 Å². The van der Waals surface area contributed by atoms with Crippen LogP contribution < -0.4 is 10.1 Å². The molecule has 0 fully saturated rings. The van der Waals surface area contributed by atoms with Crippen molar-refractivity contribution in [1.29, 1.82) is 0 Å². The van der Waals surface area contributed by atoms with Crippen molar-refractivity contribution in [3.63, 3.8) is 0 Å². The van der Waals surface area contributed by atoms with E-state index >= 15 is 0 Å². The third kappa shape index (κ3) is 3.35. The highest BCUT2D eigenvalue weighted by molar-refractivity contribution is 5.58. The molecule has 0 bridgehead atoms. The number of benzene rings is 1. The van der Waals surface area contributed by atoms with Gasteiger partial charge >= 0.3 is 5.69 Å². The third-order valence-electron chi connectivity index (χ3n) is 2.97. The van der Waals surface area contributed by atoms with E-state index in [4.69, 9.17) is 4.74 Å². The zero-order chi connectivity index (χ0) is 13.7. The fourth-order valence-electron chi connectivity index (χ4n) is 1.87. The monoisotopic (exact) mass is 252 g/mol. The van der Waals surface area contributed by atoms with Gasteiger partial charge in [-0.2, -0.15) is 0 Å². The van der Waals surface area contributed by atoms with Gasteiger partial charge in [0.25, 0.3) is 0 Å². The minimum atomic E-state index is -0.442. The Labute approximate surface area is 107 Å². The van der Waals surface area contributed by atoms with Crippen molar-refractivity contribution in [1.82, 2.24) is 0 Å². The lowest BCUT2D eigenvalue weighted by Crippen LogP contribution is -2.24. The lowest BCUT2D eigenvalue weighted by atomic mass is 10.0. The molecule has 0 spiro atoms. The SMILES string of the molecule is CCC(Nc1ccc([N+](=O)[O-])c(OC)c1)C(C)C. The summed E-state index contributed by atoms with van der Waals surface area (Å²) < 4.78 is 5.04. The molecule has 0 aliphatic heterocycles. The molecule has 1 rings (SSSR count). The molecule has 0 saturated heterocycles. The van der Waals surface area contributed by atoms with Gasteiger partial charge in [0, 0.05) is 23.9 Å². The summed E-state index contributed by atoms with van der Waals surface area (Å²) in [7, 11) is 1.44. The number of nitro groups is 1. The number of methoxy groups -OCH3 is 1. The van der Waals surface area contributed by atoms with E-state index in [1.54, 1.807) is 12.1 Å². The third-order valence-corrected chi connectivity index (χ3v) is 2.97. The standard InChI is InChI=1S/C13H20N2O3/c1-5-11(9(2)3)14-10-6-7-12(15(16)17)13(8-10)18-4/h6-9,11,14H,5H2,1-4H3. The molecule has 0 amide bonds. The number of nitro benzene ring substituents is 1. The maximum Gasteiger partial charge on any atom is 0.311 e. The van der Waals surface area contributed by atoms with Crippen molar-refractivity contribution in [2.45, 2.75) is 33.2 Å². The fourth-order valence-corrected chi connectivity index (χ4v) is 1.87. The van der Waals surface area contributed by atoms with Gasteiger partial charge in [-0.3, -0.25) is 10.1 Å². The molecule has 1 aromatic carbocycles. The molecule has 0 radical (unpaired) electrons. The molecule has 1 aromatic rings. The number of anilines is 1. The molecule has 5 heteroatoms. The number of rotatable bonds is 6. The van der Waals surface area contributed by atoms with Crippen LogP contribution in [0.5, 0.6) is 5.75 Å². The minimum absolute atomic E-state index is 0.0133. The van der Waals surface area contributed by atoms with E-state index in [0.29, 0.717) is 12.0 Å². The Morgan fingerprint density at radius 1 is 1.44 bits per heavy atom. The fraction of sp³-hybridized carbons (Fsp3) is 0.538. The van der Waals surface area contributed by atoms with Crippen LogP contribution in [0, 0.1) is 16.0 Å². The average molecular weight is 252 g/mol. The van der Waals surface area contributed by atoms with Gasteiger partial charge in [-0.15, -0.1) is 0 Å². The summed E-state index contributed by atoms with van der Waals surface area (Å²) in [6.07, 6.45) is 0.997. The van der Waals surface area contributed by atoms with E-state index in [1.165, 1.54) is 13.2 Å². The Hall–Kier alpha value is -1.78. The lowest BCUT2D eigenvalue weighted by molar-refractivity contribution is -0.385. The van der Waals surface area contributed by atoms with Crippen LogP contribution in [0.2, 0.25) is 0 Å². The summed E-state index contributed by atoms with van der Waals surface area (Å²) in [4.78, 5) is 10.3. The Bertz CT molecular complexity index is 419. The Balaban J connectivity index is 2.95. The van der Waals surface area contributed by atoms with Crippen molar-refractivity contribution in [2.24, 2.45) is 5.92 Å². The quantitative estimate of drug-likeness (QED) is 0.622. The first-order valence-corrected chi connectivity index (χ1v) is 6.08. The van der Waals surface area contributed by atoms with E-state index in [9.17, 15) is 10.1 Å². The zero-order valence-electron chi connectivity index (χ0n) is 11.3. The number of ether oxygens (including phenoxy) is 1. The van der Waals surface area contributed by atoms with Gasteiger partial charge in [0.15, 0.2) is 5.75 Å². The molecule has 0 heterocycles. The largest absolute Gasteiger partial charge is 0.490 e. The van der Waals surface area contributed by atoms with Crippen molar-refractivity contribution >= 4 is 11.4 Å². The van der Waals surface area contributed by atoms with Gasteiger partial charge in [0.2, 0.25) is 0 Å². The highest BCUT2D eigenvalue weighted by atomic mass is 16.6. The topological polar surface area (TPSA) is 64.4 Å². The van der Waals surface area contributed by atoms with E-state index in [1.807, 2.05) is 0 Å². The number of hydrogen-bond donors (Lipinski definition) is 1. The number of nitrogens with one attached hydrogen (secondary N) is 1. The summed E-state index contributed by atoms with van der Waals surface area (Å²) in [5, 5.41) is 14.2. The second-order valence-electron chi connectivity index (χ2n) is 4.55. The first kappa shape index (κ1) is 14.3. The second kappa shape index (κ2) is 6.23. The molecule has 100 valence electrons. The molecule has 1 N–H and O–H groups in total.